The van der Waals surface area contributed by atoms with Crippen LogP contribution in [0.2, 0.25) is 0 Å². The Morgan fingerprint density at radius 3 is 3.00 bits per heavy atom. The summed E-state index contributed by atoms with van der Waals surface area (Å²) in [5, 5.41) is -0.480. The van der Waals surface area contributed by atoms with Crippen molar-refractivity contribution in [1.82, 2.24) is 9.38 Å². The highest BCUT2D eigenvalue weighted by molar-refractivity contribution is 7.91. The van der Waals surface area contributed by atoms with Crippen LogP contribution in [0.5, 0.6) is 0 Å². The second-order valence-corrected chi connectivity index (χ2v) is 6.64. The maximum absolute atomic E-state index is 11.9. The minimum Gasteiger partial charge on any atom is -0.397 e. The predicted octanol–water partition coefficient (Wildman–Crippen LogP) is 1.17. The molecule has 0 bridgehead atoms. The third-order valence-corrected chi connectivity index (χ3v) is 5.42. The van der Waals surface area contributed by atoms with Gasteiger partial charge in [0.05, 0.1) is 23.2 Å². The Labute approximate surface area is 99.2 Å². The molecule has 1 aliphatic rings. The average Bonchev–Trinajstić information content (AvgIpc) is 2.82. The number of hydrogen-bond donors (Lipinski definition) is 1. The molecule has 1 aliphatic heterocycles. The molecule has 3 rings (SSSR count). The summed E-state index contributed by atoms with van der Waals surface area (Å²) in [5.41, 5.74) is 7.21. The summed E-state index contributed by atoms with van der Waals surface area (Å²) >= 11 is 0. The average molecular weight is 251 g/mol. The highest BCUT2D eigenvalue weighted by atomic mass is 32.2. The van der Waals surface area contributed by atoms with Gasteiger partial charge in [-0.2, -0.15) is 0 Å². The Hall–Kier alpha value is -1.56. The van der Waals surface area contributed by atoms with Crippen molar-refractivity contribution in [3.63, 3.8) is 0 Å². The summed E-state index contributed by atoms with van der Waals surface area (Å²) in [5.74, 6) is 0.847. The number of hydrogen-bond acceptors (Lipinski definition) is 4. The molecule has 5 nitrogen and oxygen atoms in total. The third kappa shape index (κ3) is 1.51. The Morgan fingerprint density at radius 2 is 2.29 bits per heavy atom. The number of aromatic nitrogens is 2. The molecule has 2 aromatic rings. The van der Waals surface area contributed by atoms with Crippen LogP contribution in [-0.4, -0.2) is 23.6 Å². The van der Waals surface area contributed by atoms with E-state index in [4.69, 9.17) is 5.73 Å². The number of nitrogens with two attached hydrogens (primary N) is 1. The van der Waals surface area contributed by atoms with Crippen LogP contribution in [0, 0.1) is 0 Å². The van der Waals surface area contributed by atoms with Gasteiger partial charge in [0.2, 0.25) is 0 Å². The molecule has 3 heterocycles. The van der Waals surface area contributed by atoms with Crippen molar-refractivity contribution in [1.29, 1.82) is 0 Å². The number of nitrogens with zero attached hydrogens (tertiary/aromatic N) is 2. The lowest BCUT2D eigenvalue weighted by Crippen LogP contribution is -2.11. The third-order valence-electron chi connectivity index (χ3n) is 3.25. The minimum atomic E-state index is -3.04. The molecule has 1 saturated heterocycles. The minimum absolute atomic E-state index is 0.259. The van der Waals surface area contributed by atoms with E-state index >= 15 is 0 Å². The van der Waals surface area contributed by atoms with E-state index in [1.165, 1.54) is 0 Å². The molecular formula is C11H13N3O2S. The first-order valence-electron chi connectivity index (χ1n) is 5.52. The smallest absolute Gasteiger partial charge is 0.160 e. The molecule has 17 heavy (non-hydrogen) atoms. The second-order valence-electron chi connectivity index (χ2n) is 4.33. The number of anilines is 1. The summed E-state index contributed by atoms with van der Waals surface area (Å²) in [6.07, 6.45) is 4.81. The Balaban J connectivity index is 2.22. The Morgan fingerprint density at radius 1 is 1.47 bits per heavy atom. The first-order valence-corrected chi connectivity index (χ1v) is 7.24. The van der Waals surface area contributed by atoms with Crippen LogP contribution in [0.25, 0.3) is 5.52 Å². The maximum Gasteiger partial charge on any atom is 0.160 e. The van der Waals surface area contributed by atoms with E-state index < -0.39 is 15.1 Å². The van der Waals surface area contributed by atoms with E-state index in [9.17, 15) is 8.42 Å². The molecule has 1 atom stereocenters. The molecule has 90 valence electrons. The first-order chi connectivity index (χ1) is 8.09. The lowest BCUT2D eigenvalue weighted by Gasteiger charge is -2.08. The van der Waals surface area contributed by atoms with Crippen molar-refractivity contribution in [2.75, 3.05) is 11.5 Å². The standard InChI is InChI=1S/C11H13N3O2S/c12-8-3-1-5-14-9(8)7-13-11(14)10-4-2-6-17(10,15)16/h1,3,5,7,10H,2,4,6,12H2. The summed E-state index contributed by atoms with van der Waals surface area (Å²) in [6, 6.07) is 3.58. The molecule has 1 fully saturated rings. The summed E-state index contributed by atoms with van der Waals surface area (Å²) < 4.78 is 25.6. The van der Waals surface area contributed by atoms with Crippen molar-refractivity contribution < 1.29 is 8.42 Å². The molecule has 2 N–H and O–H groups in total. The normalized spacial score (nSPS) is 23.2. The van der Waals surface area contributed by atoms with E-state index in [0.717, 1.165) is 5.52 Å². The SMILES string of the molecule is Nc1cccn2c(C3CCCS3(=O)=O)ncc12. The van der Waals surface area contributed by atoms with Gasteiger partial charge in [0.15, 0.2) is 9.84 Å². The highest BCUT2D eigenvalue weighted by Crippen LogP contribution is 2.34. The van der Waals surface area contributed by atoms with Crippen molar-refractivity contribution in [3.05, 3.63) is 30.4 Å². The van der Waals surface area contributed by atoms with E-state index in [1.54, 1.807) is 22.7 Å². The van der Waals surface area contributed by atoms with Gasteiger partial charge in [0.1, 0.15) is 11.1 Å². The van der Waals surface area contributed by atoms with Gasteiger partial charge >= 0.3 is 0 Å². The predicted molar refractivity (Wildman–Crippen MR) is 65.4 cm³/mol. The number of rotatable bonds is 1. The summed E-state index contributed by atoms with van der Waals surface area (Å²) in [7, 11) is -3.04. The van der Waals surface area contributed by atoms with Crippen LogP contribution in [0.3, 0.4) is 0 Å². The number of pyridine rings is 1. The van der Waals surface area contributed by atoms with E-state index in [1.807, 2.05) is 6.20 Å². The van der Waals surface area contributed by atoms with Crippen LogP contribution < -0.4 is 5.73 Å². The van der Waals surface area contributed by atoms with Gasteiger partial charge < -0.3 is 10.1 Å². The van der Waals surface area contributed by atoms with Gasteiger partial charge in [-0.3, -0.25) is 0 Å². The largest absolute Gasteiger partial charge is 0.397 e. The lowest BCUT2D eigenvalue weighted by atomic mass is 10.2. The van der Waals surface area contributed by atoms with Crippen LogP contribution in [0.1, 0.15) is 23.9 Å². The van der Waals surface area contributed by atoms with Gasteiger partial charge in [-0.1, -0.05) is 0 Å². The molecule has 0 radical (unpaired) electrons. The van der Waals surface area contributed by atoms with Gasteiger partial charge in [0.25, 0.3) is 0 Å². The fourth-order valence-electron chi connectivity index (χ4n) is 2.38. The van der Waals surface area contributed by atoms with Crippen molar-refractivity contribution in [3.8, 4) is 0 Å². The van der Waals surface area contributed by atoms with Gasteiger partial charge in [0, 0.05) is 6.20 Å². The topological polar surface area (TPSA) is 77.5 Å². The van der Waals surface area contributed by atoms with Crippen molar-refractivity contribution in [2.45, 2.75) is 18.1 Å². The van der Waals surface area contributed by atoms with Crippen LogP contribution in [0.4, 0.5) is 5.69 Å². The fraction of sp³-hybridized carbons (Fsp3) is 0.364. The van der Waals surface area contributed by atoms with E-state index in [2.05, 4.69) is 4.98 Å². The van der Waals surface area contributed by atoms with Crippen LogP contribution in [0.15, 0.2) is 24.5 Å². The van der Waals surface area contributed by atoms with E-state index in [0.29, 0.717) is 24.4 Å². The molecule has 1 unspecified atom stereocenters. The summed E-state index contributed by atoms with van der Waals surface area (Å²) in [6.45, 7) is 0. The quantitative estimate of drug-likeness (QED) is 0.825. The lowest BCUT2D eigenvalue weighted by molar-refractivity contribution is 0.588. The molecule has 0 aliphatic carbocycles. The monoisotopic (exact) mass is 251 g/mol. The summed E-state index contributed by atoms with van der Waals surface area (Å²) in [4.78, 5) is 4.24. The maximum atomic E-state index is 11.9. The fourth-order valence-corrected chi connectivity index (χ4v) is 4.26. The molecule has 2 aromatic heterocycles. The second kappa shape index (κ2) is 3.46. The van der Waals surface area contributed by atoms with Crippen LogP contribution >= 0.6 is 0 Å². The molecule has 0 spiro atoms. The number of sulfone groups is 1. The Bertz CT molecular complexity index is 675. The van der Waals surface area contributed by atoms with Crippen molar-refractivity contribution >= 4 is 21.0 Å². The molecule has 0 aromatic carbocycles. The number of imidazole rings is 1. The zero-order valence-electron chi connectivity index (χ0n) is 9.20. The number of fused-ring (bicyclic) bond motifs is 1. The van der Waals surface area contributed by atoms with Gasteiger partial charge in [-0.05, 0) is 25.0 Å². The zero-order valence-corrected chi connectivity index (χ0v) is 10.0. The van der Waals surface area contributed by atoms with Crippen molar-refractivity contribution in [2.24, 2.45) is 0 Å². The number of nitrogen functional groups attached to an aromatic ring is 1. The van der Waals surface area contributed by atoms with Gasteiger partial charge in [-0.15, -0.1) is 0 Å². The van der Waals surface area contributed by atoms with E-state index in [-0.39, 0.29) is 5.75 Å². The molecular weight excluding hydrogens is 238 g/mol. The highest BCUT2D eigenvalue weighted by Gasteiger charge is 2.35. The molecule has 0 amide bonds. The zero-order chi connectivity index (χ0) is 12.0. The van der Waals surface area contributed by atoms with Gasteiger partial charge in [-0.25, -0.2) is 13.4 Å². The Kier molecular flexibility index (Phi) is 2.16. The van der Waals surface area contributed by atoms with Crippen LogP contribution in [-0.2, 0) is 9.84 Å². The first kappa shape index (κ1) is 10.6. The molecule has 0 saturated carbocycles. The molecule has 6 heteroatoms.